The molecule has 1 aromatic carbocycles. The number of benzene rings is 1. The van der Waals surface area contributed by atoms with Crippen LogP contribution in [-0.2, 0) is 20.0 Å². The molecule has 0 unspecified atom stereocenters. The molecule has 4 heteroatoms. The standard InChI is InChI=1S/C15H20BrN3/c1-10(2)8-11-4-6-12(7-5-11)15-14(16)13(9-17)19(3)18-15/h4-7,10H,8-9,17H2,1-3H3. The summed E-state index contributed by atoms with van der Waals surface area (Å²) in [7, 11) is 1.92. The van der Waals surface area contributed by atoms with Crippen molar-refractivity contribution >= 4 is 15.9 Å². The lowest BCUT2D eigenvalue weighted by Crippen LogP contribution is -2.04. The van der Waals surface area contributed by atoms with Crippen LogP contribution in [0, 0.1) is 5.92 Å². The van der Waals surface area contributed by atoms with Crippen molar-refractivity contribution in [2.45, 2.75) is 26.8 Å². The minimum atomic E-state index is 0.482. The van der Waals surface area contributed by atoms with Gasteiger partial charge in [0.25, 0.3) is 0 Å². The summed E-state index contributed by atoms with van der Waals surface area (Å²) in [5.74, 6) is 0.677. The van der Waals surface area contributed by atoms with E-state index >= 15 is 0 Å². The molecule has 0 fully saturated rings. The number of halogens is 1. The zero-order valence-corrected chi connectivity index (χ0v) is 13.2. The van der Waals surface area contributed by atoms with Gasteiger partial charge in [-0.1, -0.05) is 38.1 Å². The molecule has 0 aliphatic carbocycles. The van der Waals surface area contributed by atoms with Crippen molar-refractivity contribution in [3.05, 3.63) is 40.0 Å². The largest absolute Gasteiger partial charge is 0.325 e. The van der Waals surface area contributed by atoms with Crippen LogP contribution in [0.5, 0.6) is 0 Å². The van der Waals surface area contributed by atoms with E-state index in [1.807, 2.05) is 11.7 Å². The zero-order valence-electron chi connectivity index (χ0n) is 11.7. The Kier molecular flexibility index (Phi) is 4.42. The third-order valence-electron chi connectivity index (χ3n) is 3.17. The molecule has 19 heavy (non-hydrogen) atoms. The molecule has 0 saturated carbocycles. The van der Waals surface area contributed by atoms with Gasteiger partial charge in [-0.25, -0.2) is 0 Å². The predicted octanol–water partition coefficient (Wildman–Crippen LogP) is 3.51. The first-order valence-corrected chi connectivity index (χ1v) is 7.33. The van der Waals surface area contributed by atoms with Gasteiger partial charge in [0.15, 0.2) is 0 Å². The van der Waals surface area contributed by atoms with Gasteiger partial charge < -0.3 is 5.73 Å². The number of hydrogen-bond donors (Lipinski definition) is 1. The van der Waals surface area contributed by atoms with E-state index in [0.717, 1.165) is 27.8 Å². The van der Waals surface area contributed by atoms with Crippen LogP contribution in [0.25, 0.3) is 11.3 Å². The zero-order chi connectivity index (χ0) is 14.0. The summed E-state index contributed by atoms with van der Waals surface area (Å²) < 4.78 is 2.83. The fraction of sp³-hybridized carbons (Fsp3) is 0.400. The third kappa shape index (κ3) is 3.07. The minimum absolute atomic E-state index is 0.482. The molecule has 0 aliphatic heterocycles. The Morgan fingerprint density at radius 3 is 2.37 bits per heavy atom. The summed E-state index contributed by atoms with van der Waals surface area (Å²) in [6.45, 7) is 4.95. The van der Waals surface area contributed by atoms with Gasteiger partial charge in [-0.05, 0) is 33.8 Å². The highest BCUT2D eigenvalue weighted by Gasteiger charge is 2.14. The predicted molar refractivity (Wildman–Crippen MR) is 82.8 cm³/mol. The molecule has 0 saturated heterocycles. The van der Waals surface area contributed by atoms with Gasteiger partial charge in [0.2, 0.25) is 0 Å². The Labute approximate surface area is 122 Å². The van der Waals surface area contributed by atoms with Crippen LogP contribution in [0.3, 0.4) is 0 Å². The van der Waals surface area contributed by atoms with E-state index in [1.165, 1.54) is 5.56 Å². The van der Waals surface area contributed by atoms with Gasteiger partial charge in [0.1, 0.15) is 5.69 Å². The molecule has 102 valence electrons. The summed E-state index contributed by atoms with van der Waals surface area (Å²) >= 11 is 3.59. The third-order valence-corrected chi connectivity index (χ3v) is 4.00. The highest BCUT2D eigenvalue weighted by atomic mass is 79.9. The molecule has 2 N–H and O–H groups in total. The maximum absolute atomic E-state index is 5.73. The summed E-state index contributed by atoms with van der Waals surface area (Å²) in [5, 5.41) is 4.53. The lowest BCUT2D eigenvalue weighted by Gasteiger charge is -2.05. The van der Waals surface area contributed by atoms with Crippen molar-refractivity contribution in [3.8, 4) is 11.3 Å². The maximum atomic E-state index is 5.73. The number of rotatable bonds is 4. The molecule has 0 atom stereocenters. The highest BCUT2D eigenvalue weighted by molar-refractivity contribution is 9.10. The topological polar surface area (TPSA) is 43.8 Å². The normalized spacial score (nSPS) is 11.3. The van der Waals surface area contributed by atoms with Crippen LogP contribution in [-0.4, -0.2) is 9.78 Å². The van der Waals surface area contributed by atoms with Crippen LogP contribution in [0.4, 0.5) is 0 Å². The summed E-state index contributed by atoms with van der Waals surface area (Å²) in [6.07, 6.45) is 1.11. The quantitative estimate of drug-likeness (QED) is 0.936. The Balaban J connectivity index is 2.32. The van der Waals surface area contributed by atoms with Gasteiger partial charge in [0.05, 0.1) is 10.2 Å². The van der Waals surface area contributed by atoms with Gasteiger partial charge in [-0.2, -0.15) is 5.10 Å². The monoisotopic (exact) mass is 321 g/mol. The fourth-order valence-electron chi connectivity index (χ4n) is 2.21. The van der Waals surface area contributed by atoms with E-state index in [4.69, 9.17) is 5.73 Å². The van der Waals surface area contributed by atoms with Crippen molar-refractivity contribution in [2.75, 3.05) is 0 Å². The van der Waals surface area contributed by atoms with E-state index in [0.29, 0.717) is 12.5 Å². The molecule has 0 amide bonds. The lowest BCUT2D eigenvalue weighted by molar-refractivity contribution is 0.647. The van der Waals surface area contributed by atoms with Gasteiger partial charge >= 0.3 is 0 Å². The summed E-state index contributed by atoms with van der Waals surface area (Å²) in [5.41, 5.74) is 10.2. The Morgan fingerprint density at radius 2 is 1.89 bits per heavy atom. The van der Waals surface area contributed by atoms with Crippen molar-refractivity contribution < 1.29 is 0 Å². The van der Waals surface area contributed by atoms with Crippen molar-refractivity contribution in [1.29, 1.82) is 0 Å². The van der Waals surface area contributed by atoms with Crippen molar-refractivity contribution in [3.63, 3.8) is 0 Å². The molecule has 2 rings (SSSR count). The van der Waals surface area contributed by atoms with Crippen molar-refractivity contribution in [2.24, 2.45) is 18.7 Å². The number of aryl methyl sites for hydroxylation is 1. The van der Waals surface area contributed by atoms with Crippen LogP contribution in [0.1, 0.15) is 25.1 Å². The number of hydrogen-bond acceptors (Lipinski definition) is 2. The molecule has 0 radical (unpaired) electrons. The number of nitrogens with two attached hydrogens (primary N) is 1. The van der Waals surface area contributed by atoms with E-state index in [1.54, 1.807) is 0 Å². The molecule has 3 nitrogen and oxygen atoms in total. The Morgan fingerprint density at radius 1 is 1.26 bits per heavy atom. The highest BCUT2D eigenvalue weighted by Crippen LogP contribution is 2.30. The Hall–Kier alpha value is -1.13. The van der Waals surface area contributed by atoms with Crippen LogP contribution < -0.4 is 5.73 Å². The second-order valence-electron chi connectivity index (χ2n) is 5.23. The van der Waals surface area contributed by atoms with E-state index < -0.39 is 0 Å². The average Bonchev–Trinajstić information content (AvgIpc) is 2.64. The number of aromatic nitrogens is 2. The number of nitrogens with zero attached hydrogens (tertiary/aromatic N) is 2. The summed E-state index contributed by atoms with van der Waals surface area (Å²) in [4.78, 5) is 0. The van der Waals surface area contributed by atoms with Gasteiger partial charge in [-0.3, -0.25) is 4.68 Å². The molecule has 0 spiro atoms. The average molecular weight is 322 g/mol. The SMILES string of the molecule is CC(C)Cc1ccc(-c2nn(C)c(CN)c2Br)cc1. The molecule has 0 aliphatic rings. The Bertz CT molecular complexity index is 556. The summed E-state index contributed by atoms with van der Waals surface area (Å²) in [6, 6.07) is 8.62. The first-order valence-electron chi connectivity index (χ1n) is 6.53. The molecule has 1 heterocycles. The first kappa shape index (κ1) is 14.3. The first-order chi connectivity index (χ1) is 9.02. The second kappa shape index (κ2) is 5.88. The van der Waals surface area contributed by atoms with E-state index in [-0.39, 0.29) is 0 Å². The molecule has 1 aromatic heterocycles. The molecular formula is C15H20BrN3. The van der Waals surface area contributed by atoms with Crippen molar-refractivity contribution in [1.82, 2.24) is 9.78 Å². The van der Waals surface area contributed by atoms with Crippen LogP contribution in [0.15, 0.2) is 28.7 Å². The van der Waals surface area contributed by atoms with Gasteiger partial charge in [-0.15, -0.1) is 0 Å². The van der Waals surface area contributed by atoms with Gasteiger partial charge in [0, 0.05) is 19.2 Å². The lowest BCUT2D eigenvalue weighted by atomic mass is 10.0. The van der Waals surface area contributed by atoms with E-state index in [9.17, 15) is 0 Å². The minimum Gasteiger partial charge on any atom is -0.325 e. The molecule has 2 aromatic rings. The van der Waals surface area contributed by atoms with E-state index in [2.05, 4.69) is 59.1 Å². The molecular weight excluding hydrogens is 302 g/mol. The second-order valence-corrected chi connectivity index (χ2v) is 6.02. The van der Waals surface area contributed by atoms with Crippen LogP contribution >= 0.6 is 15.9 Å². The molecule has 0 bridgehead atoms. The fourth-order valence-corrected chi connectivity index (χ4v) is 2.94. The smallest absolute Gasteiger partial charge is 0.107 e. The maximum Gasteiger partial charge on any atom is 0.107 e. The van der Waals surface area contributed by atoms with Crippen LogP contribution in [0.2, 0.25) is 0 Å².